The minimum absolute atomic E-state index is 0.0956. The lowest BCUT2D eigenvalue weighted by Gasteiger charge is -2.30. The van der Waals surface area contributed by atoms with E-state index in [0.29, 0.717) is 19.7 Å². The van der Waals surface area contributed by atoms with E-state index in [4.69, 9.17) is 15.2 Å². The minimum Gasteiger partial charge on any atom is -0.383 e. The Bertz CT molecular complexity index is 240. The summed E-state index contributed by atoms with van der Waals surface area (Å²) in [6.45, 7) is 3.29. The van der Waals surface area contributed by atoms with E-state index in [1.807, 2.05) is 0 Å². The Balaban J connectivity index is 2.36. The van der Waals surface area contributed by atoms with Gasteiger partial charge in [-0.3, -0.25) is 4.79 Å². The first-order valence-electron chi connectivity index (χ1n) is 6.28. The molecule has 0 aliphatic heterocycles. The number of ether oxygens (including phenoxy) is 2. The number of amides is 1. The molecule has 0 aromatic carbocycles. The average molecular weight is 244 g/mol. The lowest BCUT2D eigenvalue weighted by atomic mass is 10.0. The summed E-state index contributed by atoms with van der Waals surface area (Å²) in [4.78, 5) is 11.7. The Kier molecular flexibility index (Phi) is 5.88. The van der Waals surface area contributed by atoms with Gasteiger partial charge in [0.1, 0.15) is 6.10 Å². The van der Waals surface area contributed by atoms with Crippen LogP contribution in [0.2, 0.25) is 0 Å². The van der Waals surface area contributed by atoms with Crippen LogP contribution in [0.25, 0.3) is 0 Å². The highest BCUT2D eigenvalue weighted by atomic mass is 16.5. The first-order valence-corrected chi connectivity index (χ1v) is 6.28. The van der Waals surface area contributed by atoms with Crippen LogP contribution in [0, 0.1) is 0 Å². The molecule has 17 heavy (non-hydrogen) atoms. The zero-order valence-corrected chi connectivity index (χ0v) is 10.8. The fourth-order valence-electron chi connectivity index (χ4n) is 2.24. The Morgan fingerprint density at radius 1 is 1.47 bits per heavy atom. The van der Waals surface area contributed by atoms with Crippen LogP contribution in [0.5, 0.6) is 0 Å². The topological polar surface area (TPSA) is 73.6 Å². The summed E-state index contributed by atoms with van der Waals surface area (Å²) in [6, 6.07) is 0. The van der Waals surface area contributed by atoms with Crippen molar-refractivity contribution in [3.8, 4) is 0 Å². The molecule has 5 nitrogen and oxygen atoms in total. The number of rotatable bonds is 7. The Hall–Kier alpha value is -0.650. The van der Waals surface area contributed by atoms with Crippen LogP contribution in [0.1, 0.15) is 32.6 Å². The number of nitrogens with one attached hydrogen (secondary N) is 1. The smallest absolute Gasteiger partial charge is 0.248 e. The van der Waals surface area contributed by atoms with Crippen LogP contribution >= 0.6 is 0 Å². The van der Waals surface area contributed by atoms with Gasteiger partial charge in [0.2, 0.25) is 5.91 Å². The van der Waals surface area contributed by atoms with Gasteiger partial charge in [0.15, 0.2) is 0 Å². The van der Waals surface area contributed by atoms with Crippen molar-refractivity contribution in [1.29, 1.82) is 0 Å². The van der Waals surface area contributed by atoms with Gasteiger partial charge in [0.25, 0.3) is 0 Å². The highest BCUT2D eigenvalue weighted by molar-refractivity contribution is 5.80. The van der Waals surface area contributed by atoms with Crippen LogP contribution in [0.15, 0.2) is 0 Å². The lowest BCUT2D eigenvalue weighted by molar-refractivity contribution is -0.144. The van der Waals surface area contributed by atoms with Crippen LogP contribution in [-0.4, -0.2) is 44.4 Å². The molecule has 1 fully saturated rings. The molecule has 5 heteroatoms. The summed E-state index contributed by atoms with van der Waals surface area (Å²) < 4.78 is 10.7. The van der Waals surface area contributed by atoms with E-state index in [1.165, 1.54) is 0 Å². The highest BCUT2D eigenvalue weighted by Crippen LogP contribution is 2.33. The van der Waals surface area contributed by atoms with Crippen LogP contribution in [-0.2, 0) is 14.3 Å². The molecule has 1 rings (SSSR count). The number of methoxy groups -OCH3 is 1. The zero-order valence-electron chi connectivity index (χ0n) is 10.8. The van der Waals surface area contributed by atoms with Crippen molar-refractivity contribution in [3.05, 3.63) is 0 Å². The van der Waals surface area contributed by atoms with Crippen molar-refractivity contribution in [1.82, 2.24) is 5.32 Å². The van der Waals surface area contributed by atoms with E-state index in [0.717, 1.165) is 25.7 Å². The van der Waals surface area contributed by atoms with Gasteiger partial charge >= 0.3 is 0 Å². The molecule has 1 amide bonds. The molecule has 1 unspecified atom stereocenters. The molecule has 1 aliphatic carbocycles. The van der Waals surface area contributed by atoms with Gasteiger partial charge in [-0.2, -0.15) is 0 Å². The first kappa shape index (κ1) is 14.4. The Labute approximate surface area is 103 Å². The third kappa shape index (κ3) is 4.26. The number of nitrogens with two attached hydrogens (primary N) is 1. The van der Waals surface area contributed by atoms with E-state index in [9.17, 15) is 4.79 Å². The van der Waals surface area contributed by atoms with Crippen molar-refractivity contribution in [3.63, 3.8) is 0 Å². The predicted octanol–water partition coefficient (Wildman–Crippen LogP) is 0.426. The average Bonchev–Trinajstić information content (AvgIpc) is 2.78. The summed E-state index contributed by atoms with van der Waals surface area (Å²) in [6.07, 6.45) is 3.73. The quantitative estimate of drug-likeness (QED) is 0.637. The van der Waals surface area contributed by atoms with Crippen LogP contribution in [0.4, 0.5) is 0 Å². The van der Waals surface area contributed by atoms with Gasteiger partial charge in [-0.25, -0.2) is 0 Å². The maximum Gasteiger partial charge on any atom is 0.248 e. The molecule has 1 atom stereocenters. The van der Waals surface area contributed by atoms with E-state index in [-0.39, 0.29) is 11.5 Å². The second-order valence-electron chi connectivity index (χ2n) is 4.64. The molecule has 0 saturated heterocycles. The molecule has 0 heterocycles. The molecule has 1 aliphatic rings. The Morgan fingerprint density at radius 3 is 2.65 bits per heavy atom. The molecule has 100 valence electrons. The standard InChI is InChI=1S/C12H24N2O3/c1-10(11(15)14-7-8-16-2)17-12(9-13)5-3-4-6-12/h10H,3-9,13H2,1-2H3,(H,14,15). The van der Waals surface area contributed by atoms with Gasteiger partial charge in [0.05, 0.1) is 12.2 Å². The van der Waals surface area contributed by atoms with Crippen LogP contribution in [0.3, 0.4) is 0 Å². The van der Waals surface area contributed by atoms with Gasteiger partial charge in [-0.15, -0.1) is 0 Å². The van der Waals surface area contributed by atoms with Crippen molar-refractivity contribution in [2.75, 3.05) is 26.8 Å². The summed E-state index contributed by atoms with van der Waals surface area (Å²) >= 11 is 0. The molecule has 0 aromatic heterocycles. The van der Waals surface area contributed by atoms with Gasteiger partial charge in [-0.1, -0.05) is 12.8 Å². The largest absolute Gasteiger partial charge is 0.383 e. The Morgan fingerprint density at radius 2 is 2.12 bits per heavy atom. The maximum absolute atomic E-state index is 11.7. The zero-order chi connectivity index (χ0) is 12.7. The molecule has 1 saturated carbocycles. The van der Waals surface area contributed by atoms with Crippen molar-refractivity contribution >= 4 is 5.91 Å². The maximum atomic E-state index is 11.7. The summed E-state index contributed by atoms with van der Waals surface area (Å²) in [5.74, 6) is -0.0956. The monoisotopic (exact) mass is 244 g/mol. The fourth-order valence-corrected chi connectivity index (χ4v) is 2.24. The summed E-state index contributed by atoms with van der Waals surface area (Å²) in [5.41, 5.74) is 5.48. The van der Waals surface area contributed by atoms with Crippen LogP contribution < -0.4 is 11.1 Å². The highest BCUT2D eigenvalue weighted by Gasteiger charge is 2.36. The predicted molar refractivity (Wildman–Crippen MR) is 65.7 cm³/mol. The van der Waals surface area contributed by atoms with E-state index < -0.39 is 6.10 Å². The molecule has 0 bridgehead atoms. The van der Waals surface area contributed by atoms with Gasteiger partial charge in [-0.05, 0) is 19.8 Å². The second-order valence-corrected chi connectivity index (χ2v) is 4.64. The van der Waals surface area contributed by atoms with E-state index >= 15 is 0 Å². The van der Waals surface area contributed by atoms with Crippen molar-refractivity contribution in [2.45, 2.75) is 44.3 Å². The molecule has 0 spiro atoms. The van der Waals surface area contributed by atoms with E-state index in [2.05, 4.69) is 5.32 Å². The van der Waals surface area contributed by atoms with Crippen molar-refractivity contribution < 1.29 is 14.3 Å². The SMILES string of the molecule is COCCNC(=O)C(C)OC1(CN)CCCC1. The fraction of sp³-hybridized carbons (Fsp3) is 0.917. The van der Waals surface area contributed by atoms with Crippen molar-refractivity contribution in [2.24, 2.45) is 5.73 Å². The first-order chi connectivity index (χ1) is 8.13. The molecular weight excluding hydrogens is 220 g/mol. The summed E-state index contributed by atoms with van der Waals surface area (Å²) in [7, 11) is 1.61. The molecule has 3 N–H and O–H groups in total. The third-order valence-electron chi connectivity index (χ3n) is 3.29. The number of carbonyl (C=O) groups excluding carboxylic acids is 1. The number of hydrogen-bond acceptors (Lipinski definition) is 4. The molecule has 0 aromatic rings. The lowest BCUT2D eigenvalue weighted by Crippen LogP contribution is -2.46. The number of carbonyl (C=O) groups is 1. The van der Waals surface area contributed by atoms with Gasteiger partial charge in [0, 0.05) is 20.2 Å². The molecule has 0 radical (unpaired) electrons. The van der Waals surface area contributed by atoms with E-state index in [1.54, 1.807) is 14.0 Å². The normalized spacial score (nSPS) is 20.2. The number of hydrogen-bond donors (Lipinski definition) is 2. The second kappa shape index (κ2) is 6.93. The molecular formula is C12H24N2O3. The minimum atomic E-state index is -0.450. The summed E-state index contributed by atoms with van der Waals surface area (Å²) in [5, 5.41) is 2.77. The van der Waals surface area contributed by atoms with Gasteiger partial charge < -0.3 is 20.5 Å². The third-order valence-corrected chi connectivity index (χ3v) is 3.29.